The van der Waals surface area contributed by atoms with Crippen molar-refractivity contribution in [2.24, 2.45) is 0 Å². The predicted molar refractivity (Wildman–Crippen MR) is 95.7 cm³/mol. The van der Waals surface area contributed by atoms with Crippen LogP contribution in [0.3, 0.4) is 0 Å². The number of ketones is 1. The number of esters is 1. The Morgan fingerprint density at radius 1 is 1.08 bits per heavy atom. The highest BCUT2D eigenvalue weighted by Gasteiger charge is 2.32. The quantitative estimate of drug-likeness (QED) is 0.469. The third-order valence-corrected chi connectivity index (χ3v) is 3.70. The van der Waals surface area contributed by atoms with Crippen molar-refractivity contribution in [3.8, 4) is 5.75 Å². The number of rotatable bonds is 7. The van der Waals surface area contributed by atoms with E-state index in [1.54, 1.807) is 12.1 Å². The largest absolute Gasteiger partial charge is 0.490 e. The lowest BCUT2D eigenvalue weighted by Gasteiger charge is -2.09. The Kier molecular flexibility index (Phi) is 5.53. The lowest BCUT2D eigenvalue weighted by Crippen LogP contribution is -2.19. The van der Waals surface area contributed by atoms with Gasteiger partial charge in [0.15, 0.2) is 12.2 Å². The van der Waals surface area contributed by atoms with Gasteiger partial charge < -0.3 is 19.5 Å². The fourth-order valence-corrected chi connectivity index (χ4v) is 2.37. The van der Waals surface area contributed by atoms with Crippen molar-refractivity contribution in [1.29, 1.82) is 0 Å². The summed E-state index contributed by atoms with van der Waals surface area (Å²) in [5.74, 6) is -0.324. The maximum absolute atomic E-state index is 12.2. The van der Waals surface area contributed by atoms with Gasteiger partial charge >= 0.3 is 5.97 Å². The van der Waals surface area contributed by atoms with Crippen LogP contribution in [0, 0.1) is 6.92 Å². The van der Waals surface area contributed by atoms with Gasteiger partial charge in [-0.15, -0.1) is 0 Å². The molecule has 3 rings (SSSR count). The molecule has 0 saturated carbocycles. The van der Waals surface area contributed by atoms with E-state index in [2.05, 4.69) is 5.32 Å². The standard InChI is InChI=1S/C20H19NO5/c1-14-7-9-16(10-8-14)24-11-12-25-20(23)18-17(22)13-26-19(18)21-15-5-3-2-4-6-15/h2-10,21H,11-13H2,1H3. The number of carbonyl (C=O) groups is 2. The Morgan fingerprint density at radius 3 is 2.54 bits per heavy atom. The molecule has 0 fully saturated rings. The second-order valence-electron chi connectivity index (χ2n) is 5.70. The lowest BCUT2D eigenvalue weighted by atomic mass is 10.2. The van der Waals surface area contributed by atoms with Crippen LogP contribution in [0.4, 0.5) is 5.69 Å². The Hall–Kier alpha value is -3.28. The summed E-state index contributed by atoms with van der Waals surface area (Å²) in [5, 5.41) is 2.93. The van der Waals surface area contributed by atoms with Gasteiger partial charge in [-0.25, -0.2) is 4.79 Å². The molecule has 0 atom stereocenters. The summed E-state index contributed by atoms with van der Waals surface area (Å²) >= 11 is 0. The molecule has 1 N–H and O–H groups in total. The van der Waals surface area contributed by atoms with E-state index >= 15 is 0 Å². The topological polar surface area (TPSA) is 73.9 Å². The van der Waals surface area contributed by atoms with E-state index in [0.29, 0.717) is 11.4 Å². The molecule has 2 aromatic rings. The number of benzene rings is 2. The number of anilines is 1. The van der Waals surface area contributed by atoms with Crippen LogP contribution in [0.15, 0.2) is 66.1 Å². The number of para-hydroxylation sites is 1. The third kappa shape index (κ3) is 4.42. The molecule has 26 heavy (non-hydrogen) atoms. The van der Waals surface area contributed by atoms with Crippen LogP contribution in [0.2, 0.25) is 0 Å². The van der Waals surface area contributed by atoms with Crippen molar-refractivity contribution >= 4 is 17.4 Å². The van der Waals surface area contributed by atoms with Gasteiger partial charge in [0.1, 0.15) is 19.0 Å². The summed E-state index contributed by atoms with van der Waals surface area (Å²) in [5.41, 5.74) is 1.74. The summed E-state index contributed by atoms with van der Waals surface area (Å²) < 4.78 is 15.9. The highest BCUT2D eigenvalue weighted by Crippen LogP contribution is 2.20. The van der Waals surface area contributed by atoms with E-state index in [1.165, 1.54) is 0 Å². The number of aryl methyl sites for hydroxylation is 1. The number of carbonyl (C=O) groups excluding carboxylic acids is 2. The normalized spacial score (nSPS) is 13.3. The van der Waals surface area contributed by atoms with Gasteiger partial charge in [0.25, 0.3) is 0 Å². The first kappa shape index (κ1) is 17.5. The SMILES string of the molecule is Cc1ccc(OCCOC(=O)C2=C(Nc3ccccc3)OCC2=O)cc1. The van der Waals surface area contributed by atoms with Crippen LogP contribution in [0.5, 0.6) is 5.75 Å². The summed E-state index contributed by atoms with van der Waals surface area (Å²) in [6.07, 6.45) is 0. The Morgan fingerprint density at radius 2 is 1.81 bits per heavy atom. The monoisotopic (exact) mass is 353 g/mol. The van der Waals surface area contributed by atoms with Gasteiger partial charge in [0.05, 0.1) is 0 Å². The zero-order chi connectivity index (χ0) is 18.4. The Bertz CT molecular complexity index is 812. The van der Waals surface area contributed by atoms with Crippen LogP contribution in [0.25, 0.3) is 0 Å². The molecule has 0 saturated heterocycles. The van der Waals surface area contributed by atoms with E-state index in [-0.39, 0.29) is 31.3 Å². The molecule has 6 heteroatoms. The Labute approximate surface area is 151 Å². The molecule has 0 amide bonds. The van der Waals surface area contributed by atoms with Gasteiger partial charge in [-0.05, 0) is 31.2 Å². The van der Waals surface area contributed by atoms with Crippen LogP contribution in [-0.4, -0.2) is 31.6 Å². The fourth-order valence-electron chi connectivity index (χ4n) is 2.37. The molecule has 0 spiro atoms. The molecule has 0 radical (unpaired) electrons. The zero-order valence-electron chi connectivity index (χ0n) is 14.4. The molecule has 0 aromatic heterocycles. The first-order valence-corrected chi connectivity index (χ1v) is 8.22. The maximum atomic E-state index is 12.2. The maximum Gasteiger partial charge on any atom is 0.347 e. The second-order valence-corrected chi connectivity index (χ2v) is 5.70. The van der Waals surface area contributed by atoms with Crippen molar-refractivity contribution < 1.29 is 23.8 Å². The van der Waals surface area contributed by atoms with Gasteiger partial charge in [-0.3, -0.25) is 4.79 Å². The van der Waals surface area contributed by atoms with Crippen molar-refractivity contribution in [1.82, 2.24) is 0 Å². The van der Waals surface area contributed by atoms with Crippen molar-refractivity contribution in [3.05, 3.63) is 71.6 Å². The van der Waals surface area contributed by atoms with E-state index in [0.717, 1.165) is 5.56 Å². The number of hydrogen-bond donors (Lipinski definition) is 1. The van der Waals surface area contributed by atoms with Crippen molar-refractivity contribution in [2.75, 3.05) is 25.1 Å². The molecule has 6 nitrogen and oxygen atoms in total. The van der Waals surface area contributed by atoms with Crippen LogP contribution in [-0.2, 0) is 19.1 Å². The molecule has 1 aliphatic rings. The van der Waals surface area contributed by atoms with Gasteiger partial charge in [-0.2, -0.15) is 0 Å². The van der Waals surface area contributed by atoms with E-state index in [9.17, 15) is 9.59 Å². The molecule has 0 bridgehead atoms. The number of hydrogen-bond acceptors (Lipinski definition) is 6. The summed E-state index contributed by atoms with van der Waals surface area (Å²) in [6.45, 7) is 2.03. The van der Waals surface area contributed by atoms with E-state index in [1.807, 2.05) is 49.4 Å². The fraction of sp³-hybridized carbons (Fsp3) is 0.200. The van der Waals surface area contributed by atoms with E-state index in [4.69, 9.17) is 14.2 Å². The third-order valence-electron chi connectivity index (χ3n) is 3.70. The highest BCUT2D eigenvalue weighted by atomic mass is 16.6. The minimum atomic E-state index is -0.724. The van der Waals surface area contributed by atoms with Crippen LogP contribution in [0.1, 0.15) is 5.56 Å². The van der Waals surface area contributed by atoms with Crippen LogP contribution < -0.4 is 10.1 Å². The Balaban J connectivity index is 1.55. The molecule has 2 aromatic carbocycles. The van der Waals surface area contributed by atoms with Crippen molar-refractivity contribution in [2.45, 2.75) is 6.92 Å². The van der Waals surface area contributed by atoms with E-state index < -0.39 is 11.8 Å². The van der Waals surface area contributed by atoms with Crippen molar-refractivity contribution in [3.63, 3.8) is 0 Å². The summed E-state index contributed by atoms with van der Waals surface area (Å²) in [7, 11) is 0. The second kappa shape index (κ2) is 8.20. The molecule has 134 valence electrons. The number of ether oxygens (including phenoxy) is 3. The number of nitrogens with one attached hydrogen (secondary N) is 1. The summed E-state index contributed by atoms with van der Waals surface area (Å²) in [6, 6.07) is 16.7. The molecule has 1 heterocycles. The first-order chi connectivity index (χ1) is 12.6. The molecular formula is C20H19NO5. The molecular weight excluding hydrogens is 334 g/mol. The average Bonchev–Trinajstić information content (AvgIpc) is 3.01. The van der Waals surface area contributed by atoms with Gasteiger partial charge in [0.2, 0.25) is 11.7 Å². The van der Waals surface area contributed by atoms with Gasteiger partial charge in [0, 0.05) is 5.69 Å². The smallest absolute Gasteiger partial charge is 0.347 e. The zero-order valence-corrected chi connectivity index (χ0v) is 14.4. The average molecular weight is 353 g/mol. The first-order valence-electron chi connectivity index (χ1n) is 8.22. The predicted octanol–water partition coefficient (Wildman–Crippen LogP) is 2.84. The van der Waals surface area contributed by atoms with Crippen LogP contribution >= 0.6 is 0 Å². The minimum absolute atomic E-state index is 0.0299. The lowest BCUT2D eigenvalue weighted by molar-refractivity contribution is -0.140. The number of Topliss-reactive ketones (excluding diaryl/α,β-unsaturated/α-hetero) is 1. The minimum Gasteiger partial charge on any atom is -0.490 e. The summed E-state index contributed by atoms with van der Waals surface area (Å²) in [4.78, 5) is 24.2. The highest BCUT2D eigenvalue weighted by molar-refractivity contribution is 6.19. The molecule has 0 aliphatic carbocycles. The molecule has 1 aliphatic heterocycles. The molecule has 0 unspecified atom stereocenters. The van der Waals surface area contributed by atoms with Gasteiger partial charge in [-0.1, -0.05) is 35.9 Å².